The maximum absolute atomic E-state index is 12.4. The number of carbonyl (C=O) groups is 1. The fraction of sp³-hybridized carbons (Fsp3) is 0.0526. The van der Waals surface area contributed by atoms with Gasteiger partial charge in [0.1, 0.15) is 12.1 Å². The number of fused-ring (bicyclic) bond motifs is 1. The number of sulfonamides is 1. The van der Waals surface area contributed by atoms with Crippen LogP contribution < -0.4 is 25.3 Å². The lowest BCUT2D eigenvalue weighted by Gasteiger charge is -2.10. The minimum atomic E-state index is -3.82. The molecule has 0 spiro atoms. The number of anilines is 1. The number of nitrogens with two attached hydrogens (primary N) is 1. The Balaban J connectivity index is 1.51. The van der Waals surface area contributed by atoms with Crippen LogP contribution in [0.2, 0.25) is 5.02 Å². The van der Waals surface area contributed by atoms with Crippen molar-refractivity contribution in [2.24, 2.45) is 5.14 Å². The minimum absolute atomic E-state index is 0.0676. The maximum atomic E-state index is 12.4. The second-order valence-electron chi connectivity index (χ2n) is 6.46. The first-order valence-electron chi connectivity index (χ1n) is 8.90. The SMILES string of the molecule is NS(=O)(=O)c1ccc(NC(=O)COc2ccc(Cl)cc2/C=c2\sc3ncnn3c2=O)cc1. The van der Waals surface area contributed by atoms with Gasteiger partial charge < -0.3 is 10.1 Å². The molecular formula is C19H14ClN5O5S2. The summed E-state index contributed by atoms with van der Waals surface area (Å²) in [5.74, 6) is -0.134. The third-order valence-electron chi connectivity index (χ3n) is 4.20. The Kier molecular flexibility index (Phi) is 5.93. The van der Waals surface area contributed by atoms with Crippen LogP contribution in [0.25, 0.3) is 11.0 Å². The number of primary sulfonamides is 1. The molecule has 0 saturated carbocycles. The molecule has 0 aliphatic rings. The maximum Gasteiger partial charge on any atom is 0.291 e. The van der Waals surface area contributed by atoms with Crippen LogP contribution >= 0.6 is 22.9 Å². The monoisotopic (exact) mass is 491 g/mol. The van der Waals surface area contributed by atoms with E-state index in [1.165, 1.54) is 35.1 Å². The molecule has 1 amide bonds. The summed E-state index contributed by atoms with van der Waals surface area (Å²) in [6.45, 7) is -0.334. The zero-order chi connectivity index (χ0) is 22.9. The summed E-state index contributed by atoms with van der Waals surface area (Å²) in [4.78, 5) is 29.0. The molecule has 2 aromatic heterocycles. The quantitative estimate of drug-likeness (QED) is 0.409. The molecule has 0 fully saturated rings. The third-order valence-corrected chi connectivity index (χ3v) is 6.34. The van der Waals surface area contributed by atoms with Gasteiger partial charge in [0.25, 0.3) is 11.5 Å². The van der Waals surface area contributed by atoms with Gasteiger partial charge in [-0.25, -0.2) is 18.5 Å². The van der Waals surface area contributed by atoms with Crippen LogP contribution in [0.5, 0.6) is 5.75 Å². The molecule has 0 atom stereocenters. The average molecular weight is 492 g/mol. The molecule has 0 bridgehead atoms. The predicted molar refractivity (Wildman–Crippen MR) is 119 cm³/mol. The molecule has 3 N–H and O–H groups in total. The van der Waals surface area contributed by atoms with Gasteiger partial charge in [0.2, 0.25) is 15.0 Å². The zero-order valence-electron chi connectivity index (χ0n) is 16.1. The van der Waals surface area contributed by atoms with E-state index < -0.39 is 15.9 Å². The molecule has 4 rings (SSSR count). The summed E-state index contributed by atoms with van der Waals surface area (Å²) < 4.78 is 29.8. The number of rotatable bonds is 6. The predicted octanol–water partition coefficient (Wildman–Crippen LogP) is 1.02. The van der Waals surface area contributed by atoms with E-state index in [-0.39, 0.29) is 17.1 Å². The minimum Gasteiger partial charge on any atom is -0.483 e. The van der Waals surface area contributed by atoms with E-state index in [4.69, 9.17) is 21.5 Å². The van der Waals surface area contributed by atoms with E-state index in [0.29, 0.717) is 31.5 Å². The Labute approximate surface area is 190 Å². The summed E-state index contributed by atoms with van der Waals surface area (Å²) in [6, 6.07) is 10.2. The Morgan fingerprint density at radius 2 is 2.00 bits per heavy atom. The van der Waals surface area contributed by atoms with E-state index >= 15 is 0 Å². The molecular weight excluding hydrogens is 478 g/mol. The van der Waals surface area contributed by atoms with Crippen LogP contribution in [0.15, 0.2) is 58.5 Å². The number of thiazole rings is 1. The van der Waals surface area contributed by atoms with Gasteiger partial charge in [0.15, 0.2) is 6.61 Å². The number of aromatic nitrogens is 3. The fourth-order valence-corrected chi connectivity index (χ4v) is 4.32. The zero-order valence-corrected chi connectivity index (χ0v) is 18.4. The normalized spacial score (nSPS) is 12.2. The molecule has 10 nitrogen and oxygen atoms in total. The molecule has 4 aromatic rings. The second-order valence-corrected chi connectivity index (χ2v) is 9.47. The summed E-state index contributed by atoms with van der Waals surface area (Å²) in [5.41, 5.74) is 0.554. The van der Waals surface area contributed by atoms with Crippen molar-refractivity contribution < 1.29 is 17.9 Å². The van der Waals surface area contributed by atoms with Gasteiger partial charge in [-0.2, -0.15) is 9.61 Å². The van der Waals surface area contributed by atoms with Crippen molar-refractivity contribution in [1.82, 2.24) is 14.6 Å². The first-order valence-corrected chi connectivity index (χ1v) is 11.6. The highest BCUT2D eigenvalue weighted by Crippen LogP contribution is 2.24. The Morgan fingerprint density at radius 3 is 2.69 bits per heavy atom. The van der Waals surface area contributed by atoms with Crippen molar-refractivity contribution in [2.45, 2.75) is 4.90 Å². The molecule has 0 radical (unpaired) electrons. The topological polar surface area (TPSA) is 146 Å². The Morgan fingerprint density at radius 1 is 1.25 bits per heavy atom. The lowest BCUT2D eigenvalue weighted by Crippen LogP contribution is -2.24. The van der Waals surface area contributed by atoms with Crippen molar-refractivity contribution >= 4 is 55.6 Å². The van der Waals surface area contributed by atoms with Crippen LogP contribution in [-0.2, 0) is 14.8 Å². The number of carbonyl (C=O) groups excluding carboxylic acids is 1. The van der Waals surface area contributed by atoms with Gasteiger partial charge in [-0.05, 0) is 48.5 Å². The van der Waals surface area contributed by atoms with Crippen LogP contribution in [0.1, 0.15) is 5.56 Å². The number of nitrogens with zero attached hydrogens (tertiary/aromatic N) is 3. The molecule has 0 aliphatic heterocycles. The Hall–Kier alpha value is -3.32. The van der Waals surface area contributed by atoms with Gasteiger partial charge in [-0.15, -0.1) is 0 Å². The van der Waals surface area contributed by atoms with E-state index in [9.17, 15) is 18.0 Å². The van der Waals surface area contributed by atoms with Crippen LogP contribution in [0.3, 0.4) is 0 Å². The molecule has 2 heterocycles. The first-order chi connectivity index (χ1) is 15.2. The van der Waals surface area contributed by atoms with Crippen molar-refractivity contribution in [1.29, 1.82) is 0 Å². The fourth-order valence-electron chi connectivity index (χ4n) is 2.75. The molecule has 13 heteroatoms. The van der Waals surface area contributed by atoms with Crippen LogP contribution in [-0.4, -0.2) is 35.5 Å². The molecule has 2 aromatic carbocycles. The molecule has 164 valence electrons. The number of hydrogen-bond donors (Lipinski definition) is 2. The molecule has 32 heavy (non-hydrogen) atoms. The highest BCUT2D eigenvalue weighted by atomic mass is 35.5. The van der Waals surface area contributed by atoms with E-state index in [1.807, 2.05) is 0 Å². The number of nitrogens with one attached hydrogen (secondary N) is 1. The van der Waals surface area contributed by atoms with E-state index in [1.54, 1.807) is 24.3 Å². The van der Waals surface area contributed by atoms with Gasteiger partial charge >= 0.3 is 0 Å². The first kappa shape index (κ1) is 21.9. The number of hydrogen-bond acceptors (Lipinski definition) is 8. The van der Waals surface area contributed by atoms with Gasteiger partial charge in [0.05, 0.1) is 9.43 Å². The molecule has 0 aliphatic carbocycles. The average Bonchev–Trinajstić information content (AvgIpc) is 3.30. The van der Waals surface area contributed by atoms with Gasteiger partial charge in [-0.3, -0.25) is 9.59 Å². The van der Waals surface area contributed by atoms with E-state index in [0.717, 1.165) is 11.3 Å². The third kappa shape index (κ3) is 4.78. The number of ether oxygens (including phenoxy) is 1. The number of amides is 1. The van der Waals surface area contributed by atoms with Crippen molar-refractivity contribution in [3.63, 3.8) is 0 Å². The number of benzene rings is 2. The van der Waals surface area contributed by atoms with Gasteiger partial charge in [0, 0.05) is 16.3 Å². The van der Waals surface area contributed by atoms with E-state index in [2.05, 4.69) is 15.4 Å². The highest BCUT2D eigenvalue weighted by molar-refractivity contribution is 7.89. The van der Waals surface area contributed by atoms with Crippen LogP contribution in [0.4, 0.5) is 5.69 Å². The van der Waals surface area contributed by atoms with Crippen molar-refractivity contribution in [3.8, 4) is 5.75 Å². The van der Waals surface area contributed by atoms with Crippen molar-refractivity contribution in [2.75, 3.05) is 11.9 Å². The summed E-state index contributed by atoms with van der Waals surface area (Å²) in [5, 5.41) is 11.9. The van der Waals surface area contributed by atoms with Crippen molar-refractivity contribution in [3.05, 3.63) is 74.3 Å². The Bertz CT molecular complexity index is 1530. The van der Waals surface area contributed by atoms with Gasteiger partial charge in [-0.1, -0.05) is 22.9 Å². The summed E-state index contributed by atoms with van der Waals surface area (Å²) in [6.07, 6.45) is 2.89. The second kappa shape index (κ2) is 8.67. The van der Waals surface area contributed by atoms with Crippen LogP contribution in [0, 0.1) is 0 Å². The lowest BCUT2D eigenvalue weighted by molar-refractivity contribution is -0.118. The largest absolute Gasteiger partial charge is 0.483 e. The summed E-state index contributed by atoms with van der Waals surface area (Å²) >= 11 is 7.24. The lowest BCUT2D eigenvalue weighted by atomic mass is 10.2. The number of halogens is 1. The molecule has 0 unspecified atom stereocenters. The smallest absolute Gasteiger partial charge is 0.291 e. The molecule has 0 saturated heterocycles. The highest BCUT2D eigenvalue weighted by Gasteiger charge is 2.11. The summed E-state index contributed by atoms with van der Waals surface area (Å²) in [7, 11) is -3.82. The standard InChI is InChI=1S/C19H14ClN5O5S2/c20-12-1-6-15(11(7-12)8-16-18(27)25-19(31-16)22-10-23-25)30-9-17(26)24-13-2-4-14(5-3-13)32(21,28)29/h1-8,10H,9H2,(H,24,26)(H2,21,28,29)/b16-8-.